The van der Waals surface area contributed by atoms with Gasteiger partial charge in [0.1, 0.15) is 12.4 Å². The van der Waals surface area contributed by atoms with Gasteiger partial charge in [-0.1, -0.05) is 18.1 Å². The smallest absolute Gasteiger partial charge is 0.303 e. The van der Waals surface area contributed by atoms with Gasteiger partial charge in [0.15, 0.2) is 0 Å². The predicted octanol–water partition coefficient (Wildman–Crippen LogP) is 2.76. The second kappa shape index (κ2) is 11.6. The lowest BCUT2D eigenvalue weighted by Crippen LogP contribution is -2.53. The first-order valence-corrected chi connectivity index (χ1v) is 11.2. The molecule has 1 saturated heterocycles. The van der Waals surface area contributed by atoms with Crippen LogP contribution in [-0.2, 0) is 28.7 Å². The lowest BCUT2D eigenvalue weighted by atomic mass is 9.71. The van der Waals surface area contributed by atoms with E-state index in [2.05, 4.69) is 5.92 Å². The monoisotopic (exact) mass is 498 g/mol. The van der Waals surface area contributed by atoms with Gasteiger partial charge in [-0.05, 0) is 41.0 Å². The van der Waals surface area contributed by atoms with Crippen LogP contribution in [0, 0.1) is 30.1 Å². The van der Waals surface area contributed by atoms with E-state index in [0.717, 1.165) is 10.8 Å². The molecule has 3 rings (SSSR count). The number of ether oxygens (including phenoxy) is 3. The van der Waals surface area contributed by atoms with Crippen LogP contribution < -0.4 is 4.74 Å². The quantitative estimate of drug-likeness (QED) is 0.329. The minimum Gasteiger partial charge on any atom is -0.481 e. The Morgan fingerprint density at radius 1 is 0.889 bits per heavy atom. The maximum atomic E-state index is 11.7. The summed E-state index contributed by atoms with van der Waals surface area (Å²) in [5.74, 6) is -4.28. The van der Waals surface area contributed by atoms with Gasteiger partial charge in [0, 0.05) is 30.7 Å². The van der Waals surface area contributed by atoms with Crippen LogP contribution in [0.5, 0.6) is 5.75 Å². The number of carboxylic acids is 3. The minimum atomic E-state index is -1.24. The predicted molar refractivity (Wildman–Crippen MR) is 125 cm³/mol. The van der Waals surface area contributed by atoms with E-state index < -0.39 is 73.3 Å². The number of hydrogen-bond acceptors (Lipinski definition) is 7. The van der Waals surface area contributed by atoms with Crippen molar-refractivity contribution in [3.8, 4) is 18.1 Å². The number of fused-ring (bicyclic) bond motifs is 1. The van der Waals surface area contributed by atoms with Crippen molar-refractivity contribution < 1.29 is 48.7 Å². The zero-order chi connectivity index (χ0) is 26.4. The average Bonchev–Trinajstić information content (AvgIpc) is 2.80. The summed E-state index contributed by atoms with van der Waals surface area (Å²) in [6, 6.07) is 10.5. The molecular weight excluding hydrogens is 472 g/mol. The molecule has 1 aliphatic heterocycles. The Morgan fingerprint density at radius 2 is 1.47 bits per heavy atom. The van der Waals surface area contributed by atoms with Crippen LogP contribution in [0.15, 0.2) is 36.4 Å². The molecule has 0 radical (unpaired) electrons. The molecule has 36 heavy (non-hydrogen) atoms. The van der Waals surface area contributed by atoms with Crippen LogP contribution in [0.1, 0.15) is 31.7 Å². The third-order valence-electron chi connectivity index (χ3n) is 6.15. The van der Waals surface area contributed by atoms with Crippen LogP contribution in [-0.4, -0.2) is 58.2 Å². The van der Waals surface area contributed by atoms with Crippen molar-refractivity contribution in [2.24, 2.45) is 17.8 Å². The summed E-state index contributed by atoms with van der Waals surface area (Å²) >= 11 is 0. The molecule has 0 saturated carbocycles. The number of carbonyl (C=O) groups is 4. The van der Waals surface area contributed by atoms with Gasteiger partial charge in [0.25, 0.3) is 0 Å². The van der Waals surface area contributed by atoms with Crippen molar-refractivity contribution in [1.82, 2.24) is 0 Å². The van der Waals surface area contributed by atoms with Gasteiger partial charge in [-0.15, -0.1) is 6.42 Å². The molecule has 1 heterocycles. The van der Waals surface area contributed by atoms with E-state index in [1.807, 2.05) is 6.07 Å². The summed E-state index contributed by atoms with van der Waals surface area (Å²) in [6.45, 7) is 0.835. The second-order valence-corrected chi connectivity index (χ2v) is 8.62. The third kappa shape index (κ3) is 6.73. The fourth-order valence-corrected chi connectivity index (χ4v) is 4.61. The second-order valence-electron chi connectivity index (χ2n) is 8.62. The average molecular weight is 498 g/mol. The number of hydrogen-bond donors (Lipinski definition) is 3. The highest BCUT2D eigenvalue weighted by molar-refractivity contribution is 5.85. The summed E-state index contributed by atoms with van der Waals surface area (Å²) in [6.07, 6.45) is 1.66. The molecule has 3 N–H and O–H groups in total. The normalized spacial score (nSPS) is 23.4. The highest BCUT2D eigenvalue weighted by atomic mass is 16.7. The number of benzene rings is 2. The van der Waals surface area contributed by atoms with Crippen molar-refractivity contribution in [3.63, 3.8) is 0 Å². The Hall–Kier alpha value is -4.10. The largest absolute Gasteiger partial charge is 0.481 e. The lowest BCUT2D eigenvalue weighted by Gasteiger charge is -2.45. The number of rotatable bonds is 10. The summed E-state index contributed by atoms with van der Waals surface area (Å²) in [5.41, 5.74) is 0.697. The van der Waals surface area contributed by atoms with E-state index in [4.69, 9.17) is 20.6 Å². The van der Waals surface area contributed by atoms with Crippen molar-refractivity contribution in [3.05, 3.63) is 42.0 Å². The maximum absolute atomic E-state index is 11.7. The van der Waals surface area contributed by atoms with Crippen molar-refractivity contribution in [2.45, 2.75) is 38.6 Å². The van der Waals surface area contributed by atoms with Gasteiger partial charge in [-0.2, -0.15) is 0 Å². The molecule has 0 aromatic heterocycles. The SMILES string of the molecule is C#Cc1ccc2cc(O[C@@H]3O[C@@H](COC(C)=O)[C@H](CC(=O)O)[C@H](CC(=O)O)[C@H]3CC(=O)O)ccc2c1. The zero-order valence-electron chi connectivity index (χ0n) is 19.5. The van der Waals surface area contributed by atoms with Gasteiger partial charge in [-0.25, -0.2) is 0 Å². The van der Waals surface area contributed by atoms with E-state index in [1.54, 1.807) is 30.3 Å². The van der Waals surface area contributed by atoms with Crippen molar-refractivity contribution >= 4 is 34.6 Å². The first-order chi connectivity index (χ1) is 17.1. The number of aliphatic carboxylic acids is 3. The Balaban J connectivity index is 1.99. The van der Waals surface area contributed by atoms with Crippen molar-refractivity contribution in [1.29, 1.82) is 0 Å². The van der Waals surface area contributed by atoms with E-state index >= 15 is 0 Å². The zero-order valence-corrected chi connectivity index (χ0v) is 19.5. The van der Waals surface area contributed by atoms with E-state index in [-0.39, 0.29) is 6.61 Å². The summed E-state index contributed by atoms with van der Waals surface area (Å²) < 4.78 is 17.1. The minimum absolute atomic E-state index is 0.327. The number of carboxylic acid groups (broad SMARTS) is 3. The molecule has 2 aromatic carbocycles. The lowest BCUT2D eigenvalue weighted by molar-refractivity contribution is -0.237. The topological polar surface area (TPSA) is 157 Å². The molecule has 0 bridgehead atoms. The van der Waals surface area contributed by atoms with Crippen LogP contribution in [0.4, 0.5) is 0 Å². The third-order valence-corrected chi connectivity index (χ3v) is 6.15. The van der Waals surface area contributed by atoms with Crippen LogP contribution in [0.25, 0.3) is 10.8 Å². The number of esters is 1. The van der Waals surface area contributed by atoms with E-state index in [0.29, 0.717) is 11.3 Å². The molecule has 190 valence electrons. The maximum Gasteiger partial charge on any atom is 0.303 e. The first kappa shape index (κ1) is 26.5. The molecule has 10 nitrogen and oxygen atoms in total. The molecule has 0 spiro atoms. The molecule has 0 aliphatic carbocycles. The Kier molecular flexibility index (Phi) is 8.51. The fraction of sp³-hybridized carbons (Fsp3) is 0.385. The number of terminal acetylenes is 1. The summed E-state index contributed by atoms with van der Waals surface area (Å²) in [4.78, 5) is 46.4. The number of carbonyl (C=O) groups excluding carboxylic acids is 1. The van der Waals surface area contributed by atoms with Crippen LogP contribution in [0.2, 0.25) is 0 Å². The summed E-state index contributed by atoms with van der Waals surface area (Å²) in [7, 11) is 0. The molecule has 2 aromatic rings. The van der Waals surface area contributed by atoms with Crippen molar-refractivity contribution in [2.75, 3.05) is 6.61 Å². The van der Waals surface area contributed by atoms with Gasteiger partial charge in [0.05, 0.1) is 18.9 Å². The fourth-order valence-electron chi connectivity index (χ4n) is 4.61. The highest BCUT2D eigenvalue weighted by Crippen LogP contribution is 2.42. The first-order valence-electron chi connectivity index (χ1n) is 11.2. The van der Waals surface area contributed by atoms with Gasteiger partial charge in [0.2, 0.25) is 6.29 Å². The van der Waals surface area contributed by atoms with Gasteiger partial charge in [-0.3, -0.25) is 19.2 Å². The Bertz CT molecular complexity index is 1200. The standard InChI is InChI=1S/C26H26O10/c1-3-15-4-5-17-9-18(7-6-16(17)8-15)35-26-21(12-25(32)33)19(10-23(28)29)20(11-24(30)31)22(36-26)13-34-14(2)27/h1,4-9,19-22,26H,10-13H2,2H3,(H,28,29)(H,30,31)(H,32,33)/t19-,20+,21+,22-,26+/m0/s1. The van der Waals surface area contributed by atoms with Crippen LogP contribution in [0.3, 0.4) is 0 Å². The molecule has 5 atom stereocenters. The Morgan fingerprint density at radius 3 is 2.08 bits per heavy atom. The van der Waals surface area contributed by atoms with E-state index in [9.17, 15) is 34.5 Å². The summed E-state index contributed by atoms with van der Waals surface area (Å²) in [5, 5.41) is 30.2. The molecule has 0 unspecified atom stereocenters. The van der Waals surface area contributed by atoms with E-state index in [1.165, 1.54) is 6.92 Å². The highest BCUT2D eigenvalue weighted by Gasteiger charge is 2.49. The molecule has 10 heteroatoms. The molecule has 1 aliphatic rings. The van der Waals surface area contributed by atoms with Gasteiger partial charge < -0.3 is 29.5 Å². The Labute approximate surface area is 206 Å². The molecular formula is C26H26O10. The molecule has 0 amide bonds. The molecule has 1 fully saturated rings. The van der Waals surface area contributed by atoms with Gasteiger partial charge >= 0.3 is 23.9 Å². The van der Waals surface area contributed by atoms with Crippen LogP contribution >= 0.6 is 0 Å².